The molecule has 128 valence electrons. The van der Waals surface area contributed by atoms with E-state index in [1.807, 2.05) is 0 Å². The van der Waals surface area contributed by atoms with Crippen molar-refractivity contribution in [2.45, 2.75) is 5.92 Å². The molecule has 1 aromatic rings. The van der Waals surface area contributed by atoms with Gasteiger partial charge in [0.2, 0.25) is 0 Å². The number of hydrogen-bond donors (Lipinski definition) is 2. The van der Waals surface area contributed by atoms with Crippen molar-refractivity contribution in [3.63, 3.8) is 0 Å². The van der Waals surface area contributed by atoms with Crippen LogP contribution in [0.5, 0.6) is 0 Å². The smallest absolute Gasteiger partial charge is 0.334 e. The molecule has 0 aliphatic carbocycles. The molecule has 0 saturated heterocycles. The van der Waals surface area contributed by atoms with E-state index in [1.54, 1.807) is 0 Å². The highest BCUT2D eigenvalue weighted by atomic mass is 19.2. The topological polar surface area (TPSA) is 77.8 Å². The Hall–Kier alpha value is -2.91. The molecule has 24 heavy (non-hydrogen) atoms. The number of aliphatic carboxylic acids is 2. The molecule has 0 fully saturated rings. The lowest BCUT2D eigenvalue weighted by Gasteiger charge is -2.27. The monoisotopic (exact) mass is 349 g/mol. The van der Waals surface area contributed by atoms with Crippen LogP contribution in [0.25, 0.3) is 0 Å². The van der Waals surface area contributed by atoms with Crippen LogP contribution in [-0.4, -0.2) is 33.9 Å². The fraction of sp³-hybridized carbons (Fsp3) is 0.143. The van der Waals surface area contributed by atoms with E-state index in [0.717, 1.165) is 0 Å². The number of benzene rings is 1. The number of carbonyl (C=O) groups is 2. The second-order valence-electron chi connectivity index (χ2n) is 4.73. The molecule has 0 radical (unpaired) electrons. The summed E-state index contributed by atoms with van der Waals surface area (Å²) in [6.07, 6.45) is 1.17. The van der Waals surface area contributed by atoms with Crippen molar-refractivity contribution in [2.75, 3.05) is 6.80 Å². The van der Waals surface area contributed by atoms with E-state index in [0.29, 0.717) is 17.3 Å². The molecule has 2 N–H and O–H groups in total. The molecule has 0 atom stereocenters. The normalized spacial score (nSPS) is 15.1. The van der Waals surface area contributed by atoms with E-state index in [9.17, 15) is 31.5 Å². The number of hydrogen-bond acceptors (Lipinski definition) is 3. The average molecular weight is 349 g/mol. The highest BCUT2D eigenvalue weighted by Crippen LogP contribution is 2.39. The molecule has 1 aromatic carbocycles. The van der Waals surface area contributed by atoms with Crippen LogP contribution in [0.15, 0.2) is 29.6 Å². The molecule has 0 bridgehead atoms. The van der Waals surface area contributed by atoms with Gasteiger partial charge in [-0.15, -0.1) is 0 Å². The van der Waals surface area contributed by atoms with Gasteiger partial charge in [-0.05, 0) is 0 Å². The molecule has 0 spiro atoms. The summed E-state index contributed by atoms with van der Waals surface area (Å²) in [6.45, 7) is -1.33. The van der Waals surface area contributed by atoms with Gasteiger partial charge in [-0.25, -0.2) is 31.5 Å². The van der Waals surface area contributed by atoms with E-state index in [-0.39, 0.29) is 6.07 Å². The predicted molar refractivity (Wildman–Crippen MR) is 68.3 cm³/mol. The summed E-state index contributed by atoms with van der Waals surface area (Å²) in [5.41, 5.74) is -3.35. The Morgan fingerprint density at radius 3 is 1.71 bits per heavy atom. The number of alkyl halides is 1. The molecule has 0 amide bonds. The van der Waals surface area contributed by atoms with Crippen LogP contribution in [0.2, 0.25) is 0 Å². The zero-order valence-electron chi connectivity index (χ0n) is 11.6. The second-order valence-corrected chi connectivity index (χ2v) is 4.73. The number of nitrogens with zero attached hydrogens (tertiary/aromatic N) is 1. The van der Waals surface area contributed by atoms with Gasteiger partial charge in [-0.3, -0.25) is 0 Å². The van der Waals surface area contributed by atoms with Crippen LogP contribution in [0, 0.1) is 23.3 Å². The van der Waals surface area contributed by atoms with E-state index < -0.39 is 64.6 Å². The minimum Gasteiger partial charge on any atom is -0.478 e. The van der Waals surface area contributed by atoms with Gasteiger partial charge in [0.1, 0.15) is 0 Å². The Balaban J connectivity index is 2.80. The number of halogens is 5. The zero-order chi connectivity index (χ0) is 18.2. The first-order valence-electron chi connectivity index (χ1n) is 6.23. The minimum atomic E-state index is -2.17. The maximum atomic E-state index is 14.0. The minimum absolute atomic E-state index is 0.0980. The van der Waals surface area contributed by atoms with Gasteiger partial charge < -0.3 is 15.1 Å². The maximum Gasteiger partial charge on any atom is 0.334 e. The highest BCUT2D eigenvalue weighted by molar-refractivity contribution is 5.97. The third kappa shape index (κ3) is 2.82. The molecule has 1 heterocycles. The molecule has 1 aliphatic rings. The lowest BCUT2D eigenvalue weighted by Crippen LogP contribution is -2.28. The largest absolute Gasteiger partial charge is 0.478 e. The predicted octanol–water partition coefficient (Wildman–Crippen LogP) is 2.51. The highest BCUT2D eigenvalue weighted by Gasteiger charge is 2.39. The Labute approximate surface area is 130 Å². The number of carboxylic acids is 2. The Kier molecular flexibility index (Phi) is 4.58. The van der Waals surface area contributed by atoms with Gasteiger partial charge in [0.05, 0.1) is 17.1 Å². The molecule has 2 rings (SSSR count). The molecule has 0 saturated carbocycles. The van der Waals surface area contributed by atoms with E-state index in [4.69, 9.17) is 10.2 Å². The van der Waals surface area contributed by atoms with Crippen LogP contribution in [-0.2, 0) is 9.59 Å². The summed E-state index contributed by atoms with van der Waals surface area (Å²) in [4.78, 5) is 23.1. The van der Waals surface area contributed by atoms with Crippen LogP contribution in [0.3, 0.4) is 0 Å². The summed E-state index contributed by atoms with van der Waals surface area (Å²) >= 11 is 0. The quantitative estimate of drug-likeness (QED) is 0.496. The van der Waals surface area contributed by atoms with Crippen LogP contribution >= 0.6 is 0 Å². The van der Waals surface area contributed by atoms with E-state index in [2.05, 4.69) is 0 Å². The average Bonchev–Trinajstić information content (AvgIpc) is 2.52. The van der Waals surface area contributed by atoms with Crippen molar-refractivity contribution < 1.29 is 41.8 Å². The maximum absolute atomic E-state index is 14.0. The molecular weight excluding hydrogens is 341 g/mol. The molecule has 5 nitrogen and oxygen atoms in total. The molecular formula is C14H8F5NO4. The van der Waals surface area contributed by atoms with E-state index in [1.165, 1.54) is 0 Å². The van der Waals surface area contributed by atoms with Crippen LogP contribution < -0.4 is 0 Å². The number of carboxylic acid groups (broad SMARTS) is 2. The van der Waals surface area contributed by atoms with Crippen molar-refractivity contribution in [3.05, 3.63) is 58.4 Å². The van der Waals surface area contributed by atoms with Crippen LogP contribution in [0.4, 0.5) is 22.0 Å². The first-order chi connectivity index (χ1) is 11.2. The summed E-state index contributed by atoms with van der Waals surface area (Å²) in [5.74, 6) is -13.4. The summed E-state index contributed by atoms with van der Waals surface area (Å²) in [7, 11) is 0. The standard InChI is InChI=1S/C14H8F5NO4/c15-4-20-2-5(13(21)22)9(6(3-20)14(23)24)10-11(18)7(16)1-8(17)12(10)19/h1-3,9H,4H2,(H,21,22)(H,23,24). The van der Waals surface area contributed by atoms with Gasteiger partial charge in [0.15, 0.2) is 30.1 Å². The number of rotatable bonds is 4. The molecule has 0 unspecified atom stereocenters. The van der Waals surface area contributed by atoms with Crippen LogP contribution in [0.1, 0.15) is 11.5 Å². The Morgan fingerprint density at radius 2 is 1.38 bits per heavy atom. The SMILES string of the molecule is O=C(O)C1=CN(CF)C=C(C(=O)O)C1c1c(F)c(F)cc(F)c1F. The third-order valence-electron chi connectivity index (χ3n) is 3.30. The van der Waals surface area contributed by atoms with Gasteiger partial charge >= 0.3 is 11.9 Å². The van der Waals surface area contributed by atoms with Crippen molar-refractivity contribution in [2.24, 2.45) is 0 Å². The van der Waals surface area contributed by atoms with Crippen molar-refractivity contribution in [1.82, 2.24) is 4.90 Å². The first-order valence-corrected chi connectivity index (χ1v) is 6.23. The van der Waals surface area contributed by atoms with Gasteiger partial charge in [0, 0.05) is 24.0 Å². The van der Waals surface area contributed by atoms with Gasteiger partial charge in [-0.1, -0.05) is 0 Å². The van der Waals surface area contributed by atoms with E-state index >= 15 is 0 Å². The fourth-order valence-electron chi connectivity index (χ4n) is 2.29. The van der Waals surface area contributed by atoms with Crippen molar-refractivity contribution in [3.8, 4) is 0 Å². The molecule has 0 aromatic heterocycles. The van der Waals surface area contributed by atoms with Crippen molar-refractivity contribution >= 4 is 11.9 Å². The molecule has 1 aliphatic heterocycles. The lowest BCUT2D eigenvalue weighted by molar-refractivity contribution is -0.133. The summed E-state index contributed by atoms with van der Waals surface area (Å²) in [6, 6.07) is -0.0980. The van der Waals surface area contributed by atoms with Crippen molar-refractivity contribution in [1.29, 1.82) is 0 Å². The summed E-state index contributed by atoms with van der Waals surface area (Å²) in [5, 5.41) is 18.3. The Morgan fingerprint density at radius 1 is 0.958 bits per heavy atom. The van der Waals surface area contributed by atoms with Gasteiger partial charge in [0.25, 0.3) is 0 Å². The second kappa shape index (κ2) is 6.30. The zero-order valence-corrected chi connectivity index (χ0v) is 11.6. The first kappa shape index (κ1) is 17.4. The lowest BCUT2D eigenvalue weighted by atomic mass is 9.82. The Bertz CT molecular complexity index is 732. The fourth-order valence-corrected chi connectivity index (χ4v) is 2.29. The molecule has 10 heteroatoms. The third-order valence-corrected chi connectivity index (χ3v) is 3.30. The van der Waals surface area contributed by atoms with Gasteiger partial charge in [-0.2, -0.15) is 0 Å². The summed E-state index contributed by atoms with van der Waals surface area (Å²) < 4.78 is 67.5.